The van der Waals surface area contributed by atoms with E-state index in [1.165, 1.54) is 5.56 Å². The van der Waals surface area contributed by atoms with E-state index in [0.29, 0.717) is 19.4 Å². The molecule has 5 nitrogen and oxygen atoms in total. The third-order valence-corrected chi connectivity index (χ3v) is 4.91. The molecule has 148 valence electrons. The normalized spacial score (nSPS) is 12.7. The van der Waals surface area contributed by atoms with Crippen molar-refractivity contribution < 1.29 is 9.53 Å². The lowest BCUT2D eigenvalue weighted by Crippen LogP contribution is -2.27. The molecule has 0 spiro atoms. The highest BCUT2D eigenvalue weighted by atomic mass is 16.5. The zero-order chi connectivity index (χ0) is 20.2. The molecule has 0 aliphatic rings. The van der Waals surface area contributed by atoms with Gasteiger partial charge in [-0.3, -0.25) is 9.48 Å². The van der Waals surface area contributed by atoms with Crippen LogP contribution in [0.25, 0.3) is 0 Å². The number of benzene rings is 1. The Balaban J connectivity index is 1.76. The third-order valence-electron chi connectivity index (χ3n) is 4.91. The van der Waals surface area contributed by atoms with E-state index in [1.807, 2.05) is 44.6 Å². The molecule has 1 N–H and O–H groups in total. The molecule has 2 rings (SSSR count). The molecule has 0 aliphatic carbocycles. The van der Waals surface area contributed by atoms with Crippen LogP contribution in [0.3, 0.4) is 0 Å². The summed E-state index contributed by atoms with van der Waals surface area (Å²) in [5.41, 5.74) is 4.57. The highest BCUT2D eigenvalue weighted by Gasteiger charge is 2.18. The van der Waals surface area contributed by atoms with Crippen molar-refractivity contribution in [1.82, 2.24) is 15.1 Å². The molecule has 1 unspecified atom stereocenters. The summed E-state index contributed by atoms with van der Waals surface area (Å²) in [7, 11) is 1.92. The summed E-state index contributed by atoms with van der Waals surface area (Å²) >= 11 is 0. The number of aromatic nitrogens is 2. The van der Waals surface area contributed by atoms with E-state index in [-0.39, 0.29) is 17.4 Å². The van der Waals surface area contributed by atoms with Gasteiger partial charge in [0.2, 0.25) is 5.91 Å². The van der Waals surface area contributed by atoms with Crippen LogP contribution in [0, 0.1) is 13.8 Å². The summed E-state index contributed by atoms with van der Waals surface area (Å²) in [6.45, 7) is 13.1. The van der Waals surface area contributed by atoms with E-state index in [4.69, 9.17) is 4.74 Å². The smallest absolute Gasteiger partial charge is 0.220 e. The van der Waals surface area contributed by atoms with E-state index >= 15 is 0 Å². The topological polar surface area (TPSA) is 56.2 Å². The predicted molar refractivity (Wildman–Crippen MR) is 109 cm³/mol. The lowest BCUT2D eigenvalue weighted by Gasteiger charge is -2.19. The minimum absolute atomic E-state index is 0.0387. The van der Waals surface area contributed by atoms with Gasteiger partial charge in [0.1, 0.15) is 5.75 Å². The van der Waals surface area contributed by atoms with Crippen molar-refractivity contribution in [3.05, 3.63) is 46.8 Å². The van der Waals surface area contributed by atoms with Crippen molar-refractivity contribution >= 4 is 5.91 Å². The average molecular weight is 372 g/mol. The van der Waals surface area contributed by atoms with E-state index in [9.17, 15) is 4.79 Å². The largest absolute Gasteiger partial charge is 0.494 e. The maximum absolute atomic E-state index is 12.2. The number of rotatable bonds is 7. The van der Waals surface area contributed by atoms with Gasteiger partial charge < -0.3 is 10.1 Å². The standard InChI is InChI=1S/C22H33N3O2/c1-15(21-16(2)24-25(7)17(21)3)23-20(26)9-8-14-27-19-12-10-18(11-13-19)22(4,5)6/h10-13,15H,8-9,14H2,1-7H3,(H,23,26). The Labute approximate surface area is 163 Å². The third kappa shape index (κ3) is 5.59. The van der Waals surface area contributed by atoms with Crippen molar-refractivity contribution in [3.63, 3.8) is 0 Å². The van der Waals surface area contributed by atoms with Crippen LogP contribution in [0.2, 0.25) is 0 Å². The van der Waals surface area contributed by atoms with Gasteiger partial charge in [0.25, 0.3) is 0 Å². The van der Waals surface area contributed by atoms with Crippen LogP contribution in [0.15, 0.2) is 24.3 Å². The quantitative estimate of drug-likeness (QED) is 0.735. The van der Waals surface area contributed by atoms with Crippen molar-refractivity contribution in [2.24, 2.45) is 7.05 Å². The molecule has 0 saturated heterocycles. The molecule has 0 radical (unpaired) electrons. The first-order valence-electron chi connectivity index (χ1n) is 9.62. The SMILES string of the molecule is Cc1nn(C)c(C)c1C(C)NC(=O)CCCOc1ccc(C(C)(C)C)cc1. The molecule has 2 aromatic rings. The average Bonchev–Trinajstić information content (AvgIpc) is 2.83. The number of carbonyl (C=O) groups excluding carboxylic acids is 1. The van der Waals surface area contributed by atoms with E-state index in [1.54, 1.807) is 0 Å². The Morgan fingerprint density at radius 2 is 1.85 bits per heavy atom. The molecule has 0 bridgehead atoms. The van der Waals surface area contributed by atoms with E-state index < -0.39 is 0 Å². The first-order chi connectivity index (χ1) is 12.6. The second-order valence-corrected chi connectivity index (χ2v) is 8.22. The Bertz CT molecular complexity index is 770. The lowest BCUT2D eigenvalue weighted by molar-refractivity contribution is -0.121. The molecule has 0 saturated carbocycles. The molecule has 1 aromatic carbocycles. The number of ether oxygens (including phenoxy) is 1. The Morgan fingerprint density at radius 1 is 1.22 bits per heavy atom. The van der Waals surface area contributed by atoms with Crippen LogP contribution in [0.5, 0.6) is 5.75 Å². The molecule has 27 heavy (non-hydrogen) atoms. The van der Waals surface area contributed by atoms with E-state index in [0.717, 1.165) is 22.7 Å². The fraction of sp³-hybridized carbons (Fsp3) is 0.545. The molecule has 1 atom stereocenters. The van der Waals surface area contributed by atoms with Crippen LogP contribution < -0.4 is 10.1 Å². The van der Waals surface area contributed by atoms with Gasteiger partial charge in [0.05, 0.1) is 18.3 Å². The number of hydrogen-bond donors (Lipinski definition) is 1. The van der Waals surface area contributed by atoms with Gasteiger partial charge in [-0.15, -0.1) is 0 Å². The molecule has 0 fully saturated rings. The van der Waals surface area contributed by atoms with Gasteiger partial charge in [-0.25, -0.2) is 0 Å². The van der Waals surface area contributed by atoms with Gasteiger partial charge in [-0.1, -0.05) is 32.9 Å². The Kier molecular flexibility index (Phi) is 6.68. The molecule has 1 aromatic heterocycles. The predicted octanol–water partition coefficient (Wildman–Crippen LogP) is 4.37. The highest BCUT2D eigenvalue weighted by molar-refractivity contribution is 5.76. The van der Waals surface area contributed by atoms with Crippen molar-refractivity contribution in [2.45, 2.75) is 65.8 Å². The van der Waals surface area contributed by atoms with Crippen LogP contribution >= 0.6 is 0 Å². The van der Waals surface area contributed by atoms with Gasteiger partial charge in [-0.05, 0) is 50.3 Å². The first-order valence-corrected chi connectivity index (χ1v) is 9.62. The van der Waals surface area contributed by atoms with Gasteiger partial charge in [0.15, 0.2) is 0 Å². The summed E-state index contributed by atoms with van der Waals surface area (Å²) < 4.78 is 7.62. The van der Waals surface area contributed by atoms with Crippen molar-refractivity contribution in [1.29, 1.82) is 0 Å². The first kappa shape index (κ1) is 21.0. The second kappa shape index (κ2) is 8.59. The Hall–Kier alpha value is -2.30. The number of nitrogens with zero attached hydrogens (tertiary/aromatic N) is 2. The molecule has 1 heterocycles. The highest BCUT2D eigenvalue weighted by Crippen LogP contribution is 2.24. The van der Waals surface area contributed by atoms with Crippen LogP contribution in [0.1, 0.15) is 69.1 Å². The zero-order valence-corrected chi connectivity index (χ0v) is 17.7. The monoisotopic (exact) mass is 371 g/mol. The molecule has 0 aliphatic heterocycles. The molecule has 5 heteroatoms. The zero-order valence-electron chi connectivity index (χ0n) is 17.7. The lowest BCUT2D eigenvalue weighted by atomic mass is 9.87. The van der Waals surface area contributed by atoms with Crippen LogP contribution in [-0.2, 0) is 17.3 Å². The summed E-state index contributed by atoms with van der Waals surface area (Å²) in [6, 6.07) is 8.15. The van der Waals surface area contributed by atoms with Crippen molar-refractivity contribution in [3.8, 4) is 5.75 Å². The van der Waals surface area contributed by atoms with Gasteiger partial charge in [-0.2, -0.15) is 5.10 Å². The fourth-order valence-corrected chi connectivity index (χ4v) is 3.28. The Morgan fingerprint density at radius 3 is 2.37 bits per heavy atom. The fourth-order valence-electron chi connectivity index (χ4n) is 3.28. The maximum Gasteiger partial charge on any atom is 0.220 e. The molecular formula is C22H33N3O2. The number of carbonyl (C=O) groups is 1. The molecule has 1 amide bonds. The summed E-state index contributed by atoms with van der Waals surface area (Å²) in [5.74, 6) is 0.884. The number of hydrogen-bond acceptors (Lipinski definition) is 3. The van der Waals surface area contributed by atoms with Crippen LogP contribution in [-0.4, -0.2) is 22.3 Å². The van der Waals surface area contributed by atoms with Crippen LogP contribution in [0.4, 0.5) is 0 Å². The van der Waals surface area contributed by atoms with Gasteiger partial charge >= 0.3 is 0 Å². The van der Waals surface area contributed by atoms with E-state index in [2.05, 4.69) is 43.3 Å². The maximum atomic E-state index is 12.2. The van der Waals surface area contributed by atoms with Crippen molar-refractivity contribution in [2.75, 3.05) is 6.61 Å². The minimum Gasteiger partial charge on any atom is -0.494 e. The summed E-state index contributed by atoms with van der Waals surface area (Å²) in [6.07, 6.45) is 1.13. The summed E-state index contributed by atoms with van der Waals surface area (Å²) in [4.78, 5) is 12.2. The number of aryl methyl sites for hydroxylation is 2. The number of nitrogens with one attached hydrogen (secondary N) is 1. The second-order valence-electron chi connectivity index (χ2n) is 8.22. The summed E-state index contributed by atoms with van der Waals surface area (Å²) in [5, 5.41) is 7.48. The van der Waals surface area contributed by atoms with Gasteiger partial charge in [0, 0.05) is 24.7 Å². The molecular weight excluding hydrogens is 338 g/mol. The number of amides is 1. The minimum atomic E-state index is -0.0444.